The van der Waals surface area contributed by atoms with Crippen molar-refractivity contribution in [2.24, 2.45) is 23.2 Å². The van der Waals surface area contributed by atoms with Gasteiger partial charge in [-0.25, -0.2) is 0 Å². The first-order valence-electron chi connectivity index (χ1n) is 16.3. The van der Waals surface area contributed by atoms with Gasteiger partial charge >= 0.3 is 18.1 Å². The molecular formula is C34H49F5O3S. The first kappa shape index (κ1) is 34.4. The van der Waals surface area contributed by atoms with E-state index in [1.807, 2.05) is 12.1 Å². The van der Waals surface area contributed by atoms with Crippen LogP contribution in [-0.4, -0.2) is 40.8 Å². The van der Waals surface area contributed by atoms with Crippen LogP contribution in [0, 0.1) is 23.2 Å². The summed E-state index contributed by atoms with van der Waals surface area (Å²) < 4.78 is 68.4. The minimum atomic E-state index is -5.45. The van der Waals surface area contributed by atoms with Crippen molar-refractivity contribution in [3.05, 3.63) is 29.3 Å². The molecule has 2 fully saturated rings. The number of fused-ring (bicyclic) bond motifs is 5. The summed E-state index contributed by atoms with van der Waals surface area (Å²) >= 11 is 1.47. The van der Waals surface area contributed by atoms with E-state index in [1.54, 1.807) is 0 Å². The molecular weight excluding hydrogens is 583 g/mol. The highest BCUT2D eigenvalue weighted by Gasteiger charge is 2.58. The van der Waals surface area contributed by atoms with Crippen LogP contribution in [0.25, 0.3) is 0 Å². The second-order valence-electron chi connectivity index (χ2n) is 13.5. The molecule has 1 N–H and O–H groups in total. The molecule has 3 aliphatic rings. The van der Waals surface area contributed by atoms with Crippen molar-refractivity contribution >= 4 is 17.7 Å². The molecule has 5 unspecified atom stereocenters. The summed E-state index contributed by atoms with van der Waals surface area (Å²) in [6, 6.07) is 5.95. The molecule has 43 heavy (non-hydrogen) atoms. The Morgan fingerprint density at radius 2 is 1.65 bits per heavy atom. The van der Waals surface area contributed by atoms with E-state index in [4.69, 9.17) is 4.74 Å². The van der Waals surface area contributed by atoms with Crippen LogP contribution >= 0.6 is 11.8 Å². The lowest BCUT2D eigenvalue weighted by atomic mass is 9.52. The monoisotopic (exact) mass is 632 g/mol. The van der Waals surface area contributed by atoms with E-state index in [2.05, 4.69) is 13.0 Å². The number of thioether (sulfide) groups is 1. The van der Waals surface area contributed by atoms with Crippen LogP contribution in [0.15, 0.2) is 18.2 Å². The fourth-order valence-corrected chi connectivity index (χ4v) is 9.50. The zero-order valence-corrected chi connectivity index (χ0v) is 26.5. The average molecular weight is 633 g/mol. The molecule has 0 heterocycles. The summed E-state index contributed by atoms with van der Waals surface area (Å²) in [5, 5.41) is 10.2. The van der Waals surface area contributed by atoms with Gasteiger partial charge in [-0.3, -0.25) is 4.79 Å². The molecule has 0 bridgehead atoms. The van der Waals surface area contributed by atoms with Gasteiger partial charge in [0, 0.05) is 18.8 Å². The minimum absolute atomic E-state index is 0.00958. The van der Waals surface area contributed by atoms with Crippen molar-refractivity contribution in [3.8, 4) is 5.75 Å². The number of esters is 1. The van der Waals surface area contributed by atoms with Crippen molar-refractivity contribution < 1.29 is 36.6 Å². The Labute approximate surface area is 258 Å². The lowest BCUT2D eigenvalue weighted by Gasteiger charge is -2.53. The number of hydrogen-bond donors (Lipinski definition) is 1. The summed E-state index contributed by atoms with van der Waals surface area (Å²) in [6.07, 6.45) is 7.53. The Morgan fingerprint density at radius 3 is 2.35 bits per heavy atom. The van der Waals surface area contributed by atoms with Gasteiger partial charge < -0.3 is 9.84 Å². The Morgan fingerprint density at radius 1 is 0.977 bits per heavy atom. The molecule has 0 spiro atoms. The molecule has 9 heteroatoms. The van der Waals surface area contributed by atoms with Gasteiger partial charge in [-0.1, -0.05) is 51.5 Å². The number of rotatable bonds is 15. The molecule has 3 nitrogen and oxygen atoms in total. The number of alkyl halides is 5. The maximum Gasteiger partial charge on any atom is 0.453 e. The molecule has 4 rings (SSSR count). The predicted molar refractivity (Wildman–Crippen MR) is 162 cm³/mol. The number of unbranched alkanes of at least 4 members (excludes halogenated alkanes) is 6. The molecule has 0 radical (unpaired) electrons. The lowest BCUT2D eigenvalue weighted by molar-refractivity contribution is -0.284. The van der Waals surface area contributed by atoms with Crippen molar-refractivity contribution in [1.29, 1.82) is 0 Å². The molecule has 1 aromatic carbocycles. The van der Waals surface area contributed by atoms with Crippen molar-refractivity contribution in [2.75, 3.05) is 11.5 Å². The number of hydrogen-bond acceptors (Lipinski definition) is 4. The van der Waals surface area contributed by atoms with Gasteiger partial charge in [0.2, 0.25) is 0 Å². The van der Waals surface area contributed by atoms with Gasteiger partial charge in [-0.15, -0.1) is 0 Å². The van der Waals surface area contributed by atoms with Crippen LogP contribution in [0.1, 0.15) is 121 Å². The fraction of sp³-hybridized carbons (Fsp3) is 0.794. The van der Waals surface area contributed by atoms with Crippen molar-refractivity contribution in [3.63, 3.8) is 0 Å². The third kappa shape index (κ3) is 8.40. The van der Waals surface area contributed by atoms with E-state index in [9.17, 15) is 31.9 Å². The Hall–Kier alpha value is -1.51. The van der Waals surface area contributed by atoms with Gasteiger partial charge in [-0.2, -0.15) is 33.7 Å². The molecule has 0 amide bonds. The molecule has 0 aliphatic heterocycles. The van der Waals surface area contributed by atoms with Gasteiger partial charge in [0.1, 0.15) is 11.9 Å². The van der Waals surface area contributed by atoms with Crippen molar-refractivity contribution in [2.45, 2.75) is 134 Å². The number of ether oxygens (including phenoxy) is 1. The first-order valence-corrected chi connectivity index (χ1v) is 17.5. The average Bonchev–Trinajstić information content (AvgIpc) is 3.25. The molecule has 244 valence electrons. The maximum absolute atomic E-state index is 12.9. The Kier molecular flexibility index (Phi) is 11.8. The van der Waals surface area contributed by atoms with Gasteiger partial charge in [-0.05, 0) is 110 Å². The standard InChI is InChI=1S/C34H49F5O3S/c1-23(40)42-30-15-14-29-31-24(21-25-22-26(41)12-13-27(25)28(31)16-18-32(29,30)2)11-8-6-4-3-5-7-9-19-43-20-10-17-33(35,36)34(37,38)39/h12-13,22,24,28-31,41H,3-11,14-21H2,1-2H3/t24?,28?,29?,30?,31?,32-/m0/s1. The molecule has 0 saturated heterocycles. The first-order chi connectivity index (χ1) is 20.3. The zero-order valence-electron chi connectivity index (χ0n) is 25.7. The highest BCUT2D eigenvalue weighted by molar-refractivity contribution is 7.99. The van der Waals surface area contributed by atoms with E-state index in [-0.39, 0.29) is 23.9 Å². The van der Waals surface area contributed by atoms with Gasteiger partial charge in [0.05, 0.1) is 0 Å². The second-order valence-corrected chi connectivity index (χ2v) is 14.8. The summed E-state index contributed by atoms with van der Waals surface area (Å²) in [7, 11) is 0. The highest BCUT2D eigenvalue weighted by atomic mass is 32.2. The van der Waals surface area contributed by atoms with Crippen LogP contribution in [0.3, 0.4) is 0 Å². The summed E-state index contributed by atoms with van der Waals surface area (Å²) in [4.78, 5) is 11.9. The van der Waals surface area contributed by atoms with Crippen LogP contribution < -0.4 is 0 Å². The number of aromatic hydroxyl groups is 1. The smallest absolute Gasteiger partial charge is 0.453 e. The van der Waals surface area contributed by atoms with Crippen molar-refractivity contribution in [1.82, 2.24) is 0 Å². The number of halogens is 5. The zero-order chi connectivity index (χ0) is 31.3. The topological polar surface area (TPSA) is 46.5 Å². The van der Waals surface area contributed by atoms with E-state index in [1.165, 1.54) is 55.5 Å². The van der Waals surface area contributed by atoms with Crippen LogP contribution in [0.4, 0.5) is 22.0 Å². The van der Waals surface area contributed by atoms with Crippen LogP contribution in [-0.2, 0) is 16.0 Å². The van der Waals surface area contributed by atoms with E-state index >= 15 is 0 Å². The minimum Gasteiger partial charge on any atom is -0.508 e. The number of phenols is 1. The highest BCUT2D eigenvalue weighted by Crippen LogP contribution is 2.63. The second kappa shape index (κ2) is 14.7. The van der Waals surface area contributed by atoms with E-state index in [0.29, 0.717) is 35.2 Å². The number of benzene rings is 1. The quantitative estimate of drug-likeness (QED) is 0.119. The number of phenolic OH excluding ortho intramolecular Hbond substituents is 1. The molecule has 2 saturated carbocycles. The van der Waals surface area contributed by atoms with Crippen LogP contribution in [0.5, 0.6) is 5.75 Å². The molecule has 1 aromatic rings. The summed E-state index contributed by atoms with van der Waals surface area (Å²) in [5.41, 5.74) is 2.75. The number of carbonyl (C=O) groups is 1. The summed E-state index contributed by atoms with van der Waals surface area (Å²) in [6.45, 7) is 3.87. The SMILES string of the molecule is CC(=O)OC1CCC2C3C(CCCCCCCCCSCCCC(F)(F)C(F)(F)F)Cc4cc(O)ccc4C3CC[C@]12C. The molecule has 6 atom stereocenters. The third-order valence-corrected chi connectivity index (χ3v) is 11.8. The van der Waals surface area contributed by atoms with E-state index in [0.717, 1.165) is 63.5 Å². The van der Waals surface area contributed by atoms with E-state index < -0.39 is 18.5 Å². The fourth-order valence-electron chi connectivity index (χ4n) is 8.54. The number of carbonyl (C=O) groups excluding carboxylic acids is 1. The Bertz CT molecular complexity index is 1060. The lowest BCUT2D eigenvalue weighted by Crippen LogP contribution is -2.48. The summed E-state index contributed by atoms with van der Waals surface area (Å²) in [5.74, 6) is -1.09. The molecule has 0 aromatic heterocycles. The van der Waals surface area contributed by atoms with Crippen LogP contribution in [0.2, 0.25) is 0 Å². The normalized spacial score (nSPS) is 28.7. The predicted octanol–water partition coefficient (Wildman–Crippen LogP) is 10.2. The molecule has 3 aliphatic carbocycles. The van der Waals surface area contributed by atoms with Gasteiger partial charge in [0.25, 0.3) is 0 Å². The third-order valence-electron chi connectivity index (χ3n) is 10.7. The Balaban J connectivity index is 1.18. The van der Waals surface area contributed by atoms with Gasteiger partial charge in [0.15, 0.2) is 0 Å². The maximum atomic E-state index is 12.9. The largest absolute Gasteiger partial charge is 0.508 e.